The summed E-state index contributed by atoms with van der Waals surface area (Å²) in [7, 11) is 0. The van der Waals surface area contributed by atoms with Gasteiger partial charge in [-0.2, -0.15) is 5.10 Å². The summed E-state index contributed by atoms with van der Waals surface area (Å²) >= 11 is 4.86. The minimum atomic E-state index is 0.215. The summed E-state index contributed by atoms with van der Waals surface area (Å²) in [5.74, 6) is 0.344. The van der Waals surface area contributed by atoms with Crippen molar-refractivity contribution >= 4 is 23.0 Å². The van der Waals surface area contributed by atoms with Crippen molar-refractivity contribution in [3.63, 3.8) is 0 Å². The number of thiocarbonyl (C=S) groups is 1. The van der Waals surface area contributed by atoms with Crippen LogP contribution < -0.4 is 11.2 Å². The molecule has 1 aromatic carbocycles. The van der Waals surface area contributed by atoms with Crippen LogP contribution in [-0.4, -0.2) is 10.8 Å². The van der Waals surface area contributed by atoms with E-state index in [4.69, 9.17) is 18.0 Å². The Morgan fingerprint density at radius 1 is 1.13 bits per heavy atom. The molecule has 0 aromatic heterocycles. The van der Waals surface area contributed by atoms with E-state index in [0.29, 0.717) is 5.92 Å². The highest BCUT2D eigenvalue weighted by atomic mass is 32.1. The zero-order valence-electron chi connectivity index (χ0n) is 13.1. The molecule has 0 amide bonds. The Bertz CT molecular complexity index is 758. The molecule has 3 N–H and O–H groups in total. The largest absolute Gasteiger partial charge is 0.375 e. The number of rotatable bonds is 1. The first kappa shape index (κ1) is 14.6. The summed E-state index contributed by atoms with van der Waals surface area (Å²) in [6, 6.07) is 4.92. The number of nitrogens with zero attached hydrogens (tertiary/aromatic N) is 1. The Morgan fingerprint density at radius 3 is 2.61 bits per heavy atom. The van der Waals surface area contributed by atoms with Crippen molar-refractivity contribution in [2.45, 2.75) is 38.5 Å². The zero-order chi connectivity index (χ0) is 15.8. The first-order valence-electron chi connectivity index (χ1n) is 8.34. The van der Waals surface area contributed by atoms with Crippen LogP contribution in [0.15, 0.2) is 41.0 Å². The molecule has 1 unspecified atom stereocenters. The van der Waals surface area contributed by atoms with Gasteiger partial charge in [-0.3, -0.25) is 5.43 Å². The van der Waals surface area contributed by atoms with Gasteiger partial charge in [-0.15, -0.1) is 0 Å². The fraction of sp³-hybridized carbons (Fsp3) is 0.368. The minimum Gasteiger partial charge on any atom is -0.375 e. The maximum absolute atomic E-state index is 5.51. The van der Waals surface area contributed by atoms with E-state index in [0.717, 1.165) is 18.6 Å². The highest BCUT2D eigenvalue weighted by molar-refractivity contribution is 7.80. The Hall–Kier alpha value is -1.94. The second-order valence-corrected chi connectivity index (χ2v) is 7.08. The Morgan fingerprint density at radius 2 is 1.87 bits per heavy atom. The lowest BCUT2D eigenvalue weighted by Gasteiger charge is -2.31. The van der Waals surface area contributed by atoms with Crippen LogP contribution in [0.25, 0.3) is 0 Å². The van der Waals surface area contributed by atoms with E-state index in [1.165, 1.54) is 42.4 Å². The molecular formula is C19H21N3S. The number of hydrogen-bond donors (Lipinski definition) is 2. The lowest BCUT2D eigenvalue weighted by atomic mass is 9.74. The third-order valence-electron chi connectivity index (χ3n) is 5.16. The van der Waals surface area contributed by atoms with Gasteiger partial charge in [-0.25, -0.2) is 0 Å². The molecule has 1 aromatic rings. The summed E-state index contributed by atoms with van der Waals surface area (Å²) in [6.45, 7) is 0. The van der Waals surface area contributed by atoms with Crippen LogP contribution in [0.3, 0.4) is 0 Å². The van der Waals surface area contributed by atoms with Gasteiger partial charge in [0.15, 0.2) is 5.11 Å². The van der Waals surface area contributed by atoms with Crippen LogP contribution in [0.5, 0.6) is 0 Å². The van der Waals surface area contributed by atoms with Gasteiger partial charge in [-0.05, 0) is 79.1 Å². The lowest BCUT2D eigenvalue weighted by molar-refractivity contribution is 0.670. The molecule has 1 atom stereocenters. The first-order valence-corrected chi connectivity index (χ1v) is 8.75. The van der Waals surface area contributed by atoms with E-state index < -0.39 is 0 Å². The third kappa shape index (κ3) is 2.83. The predicted molar refractivity (Wildman–Crippen MR) is 98.6 cm³/mol. The maximum atomic E-state index is 5.51. The molecule has 23 heavy (non-hydrogen) atoms. The monoisotopic (exact) mass is 323 g/mol. The number of benzene rings is 1. The van der Waals surface area contributed by atoms with Crippen LogP contribution in [0.2, 0.25) is 0 Å². The number of nitrogens with two attached hydrogens (primary N) is 1. The molecule has 3 aliphatic rings. The van der Waals surface area contributed by atoms with Gasteiger partial charge >= 0.3 is 0 Å². The van der Waals surface area contributed by atoms with Gasteiger partial charge in [0.05, 0.1) is 5.71 Å². The highest BCUT2D eigenvalue weighted by Gasteiger charge is 2.29. The molecule has 0 aliphatic heterocycles. The number of fused-ring (bicyclic) bond motifs is 3. The van der Waals surface area contributed by atoms with E-state index in [-0.39, 0.29) is 5.11 Å². The molecule has 0 radical (unpaired) electrons. The molecule has 3 nitrogen and oxygen atoms in total. The lowest BCUT2D eigenvalue weighted by Crippen LogP contribution is -2.31. The Labute approximate surface area is 142 Å². The second-order valence-electron chi connectivity index (χ2n) is 6.64. The van der Waals surface area contributed by atoms with E-state index in [1.54, 1.807) is 11.1 Å². The number of hydrazone groups is 1. The Balaban J connectivity index is 1.68. The van der Waals surface area contributed by atoms with Crippen molar-refractivity contribution < 1.29 is 0 Å². The average molecular weight is 323 g/mol. The molecule has 0 saturated carbocycles. The van der Waals surface area contributed by atoms with Gasteiger partial charge < -0.3 is 5.73 Å². The molecular weight excluding hydrogens is 302 g/mol. The molecule has 0 spiro atoms. The van der Waals surface area contributed by atoms with Crippen molar-refractivity contribution in [1.29, 1.82) is 0 Å². The topological polar surface area (TPSA) is 50.4 Å². The third-order valence-corrected chi connectivity index (χ3v) is 5.25. The standard InChI is InChI=1S/C19H21N3S/c20-19(23)22-21-18-7-3-6-14-10-15-8-12-4-1-2-5-13(12)9-16(15)11-17(14)18/h3,6-9,17H,1-2,4-5,10-11H2,(H3,20,22,23). The number of aryl methyl sites for hydroxylation is 2. The minimum absolute atomic E-state index is 0.215. The van der Waals surface area contributed by atoms with Crippen molar-refractivity contribution in [2.75, 3.05) is 0 Å². The summed E-state index contributed by atoms with van der Waals surface area (Å²) in [4.78, 5) is 0. The average Bonchev–Trinajstić information content (AvgIpc) is 2.56. The predicted octanol–water partition coefficient (Wildman–Crippen LogP) is 2.97. The number of hydrogen-bond acceptors (Lipinski definition) is 2. The second kappa shape index (κ2) is 5.93. The molecule has 0 bridgehead atoms. The van der Waals surface area contributed by atoms with Crippen molar-refractivity contribution in [3.8, 4) is 0 Å². The molecule has 4 rings (SSSR count). The molecule has 3 aliphatic carbocycles. The van der Waals surface area contributed by atoms with Crippen molar-refractivity contribution in [2.24, 2.45) is 16.8 Å². The SMILES string of the molecule is NC(=S)NN=C1C=CC=C2Cc3cc4c(cc3CC21)CCCC4. The first-order chi connectivity index (χ1) is 11.2. The quantitative estimate of drug-likeness (QED) is 0.617. The van der Waals surface area contributed by atoms with Crippen LogP contribution in [-0.2, 0) is 25.7 Å². The molecule has 0 saturated heterocycles. The fourth-order valence-electron chi connectivity index (χ4n) is 4.03. The van der Waals surface area contributed by atoms with E-state index in [1.807, 2.05) is 0 Å². The van der Waals surface area contributed by atoms with Crippen LogP contribution in [0.4, 0.5) is 0 Å². The molecule has 0 heterocycles. The van der Waals surface area contributed by atoms with Gasteiger partial charge in [0.2, 0.25) is 0 Å². The fourth-order valence-corrected chi connectivity index (χ4v) is 4.07. The van der Waals surface area contributed by atoms with Crippen molar-refractivity contribution in [3.05, 3.63) is 58.2 Å². The summed E-state index contributed by atoms with van der Waals surface area (Å²) in [6.07, 6.45) is 13.6. The smallest absolute Gasteiger partial charge is 0.184 e. The molecule has 0 fully saturated rings. The van der Waals surface area contributed by atoms with Crippen molar-refractivity contribution in [1.82, 2.24) is 5.43 Å². The van der Waals surface area contributed by atoms with Gasteiger partial charge in [-0.1, -0.05) is 29.9 Å². The zero-order valence-corrected chi connectivity index (χ0v) is 14.0. The van der Waals surface area contributed by atoms with E-state index in [9.17, 15) is 0 Å². The highest BCUT2D eigenvalue weighted by Crippen LogP contribution is 2.36. The summed E-state index contributed by atoms with van der Waals surface area (Å²) in [5, 5.41) is 4.62. The van der Waals surface area contributed by atoms with Crippen LogP contribution >= 0.6 is 12.2 Å². The summed E-state index contributed by atoms with van der Waals surface area (Å²) in [5.41, 5.74) is 16.8. The van der Waals surface area contributed by atoms with Crippen LogP contribution in [0.1, 0.15) is 35.1 Å². The maximum Gasteiger partial charge on any atom is 0.184 e. The van der Waals surface area contributed by atoms with E-state index >= 15 is 0 Å². The van der Waals surface area contributed by atoms with Gasteiger partial charge in [0.25, 0.3) is 0 Å². The normalized spacial score (nSPS) is 23.6. The molecule has 118 valence electrons. The van der Waals surface area contributed by atoms with Crippen LogP contribution in [0, 0.1) is 5.92 Å². The van der Waals surface area contributed by atoms with Gasteiger partial charge in [0, 0.05) is 5.92 Å². The number of allylic oxidation sites excluding steroid dienone is 4. The van der Waals surface area contributed by atoms with E-state index in [2.05, 4.69) is 40.9 Å². The molecule has 4 heteroatoms. The Kier molecular flexibility index (Phi) is 3.77. The summed E-state index contributed by atoms with van der Waals surface area (Å²) < 4.78 is 0. The number of nitrogens with one attached hydrogen (secondary N) is 1. The van der Waals surface area contributed by atoms with Gasteiger partial charge in [0.1, 0.15) is 0 Å².